The van der Waals surface area contributed by atoms with Crippen LogP contribution >= 0.6 is 0 Å². The van der Waals surface area contributed by atoms with Crippen molar-refractivity contribution in [3.05, 3.63) is 47.7 Å². The summed E-state index contributed by atoms with van der Waals surface area (Å²) in [7, 11) is 0. The number of rotatable bonds is 5. The molecule has 5 nitrogen and oxygen atoms in total. The molecular formula is C20H22N2O3. The third-order valence-corrected chi connectivity index (χ3v) is 4.27. The van der Waals surface area contributed by atoms with E-state index in [0.717, 1.165) is 27.3 Å². The monoisotopic (exact) mass is 338 g/mol. The molecule has 0 aliphatic rings. The second-order valence-electron chi connectivity index (χ2n) is 6.42. The summed E-state index contributed by atoms with van der Waals surface area (Å²) >= 11 is 0. The van der Waals surface area contributed by atoms with Crippen LogP contribution in [0.2, 0.25) is 0 Å². The first-order chi connectivity index (χ1) is 12.0. The maximum Gasteiger partial charge on any atom is 0.287 e. The van der Waals surface area contributed by atoms with Crippen molar-refractivity contribution in [2.75, 3.05) is 13.1 Å². The SMILES string of the molecule is Cc1c(C(=O)NCCNC(=O)C(C)C)oc2c1ccc1ccccc12. The molecule has 1 heterocycles. The van der Waals surface area contributed by atoms with Crippen molar-refractivity contribution in [3.8, 4) is 0 Å². The molecule has 0 atom stereocenters. The number of hydrogen-bond donors (Lipinski definition) is 2. The van der Waals surface area contributed by atoms with E-state index in [1.807, 2.05) is 57.2 Å². The van der Waals surface area contributed by atoms with E-state index in [9.17, 15) is 9.59 Å². The van der Waals surface area contributed by atoms with Crippen molar-refractivity contribution in [2.24, 2.45) is 5.92 Å². The van der Waals surface area contributed by atoms with Crippen molar-refractivity contribution in [1.82, 2.24) is 10.6 Å². The summed E-state index contributed by atoms with van der Waals surface area (Å²) in [5, 5.41) is 8.58. The molecule has 3 rings (SSSR count). The Kier molecular flexibility index (Phi) is 4.74. The van der Waals surface area contributed by atoms with Crippen molar-refractivity contribution in [1.29, 1.82) is 0 Å². The minimum absolute atomic E-state index is 0.0272. The van der Waals surface area contributed by atoms with Gasteiger partial charge in [0.05, 0.1) is 0 Å². The normalized spacial score (nSPS) is 11.2. The molecule has 0 saturated carbocycles. The number of aryl methyl sites for hydroxylation is 1. The van der Waals surface area contributed by atoms with Crippen LogP contribution in [0.4, 0.5) is 0 Å². The first kappa shape index (κ1) is 17.0. The van der Waals surface area contributed by atoms with Crippen molar-refractivity contribution >= 4 is 33.6 Å². The van der Waals surface area contributed by atoms with Gasteiger partial charge in [0, 0.05) is 35.3 Å². The number of hydrogen-bond acceptors (Lipinski definition) is 3. The highest BCUT2D eigenvalue weighted by Gasteiger charge is 2.18. The van der Waals surface area contributed by atoms with E-state index in [0.29, 0.717) is 18.8 Å². The van der Waals surface area contributed by atoms with E-state index in [4.69, 9.17) is 4.42 Å². The van der Waals surface area contributed by atoms with Gasteiger partial charge in [-0.2, -0.15) is 0 Å². The number of carbonyl (C=O) groups is 2. The van der Waals surface area contributed by atoms with Crippen LogP contribution in [0.15, 0.2) is 40.8 Å². The number of fused-ring (bicyclic) bond motifs is 3. The van der Waals surface area contributed by atoms with Crippen molar-refractivity contribution in [2.45, 2.75) is 20.8 Å². The Bertz CT molecular complexity index is 941. The highest BCUT2D eigenvalue weighted by molar-refractivity contribution is 6.08. The summed E-state index contributed by atoms with van der Waals surface area (Å²) in [6.07, 6.45) is 0. The first-order valence-electron chi connectivity index (χ1n) is 8.46. The van der Waals surface area contributed by atoms with Crippen LogP contribution < -0.4 is 10.6 Å². The van der Waals surface area contributed by atoms with Gasteiger partial charge >= 0.3 is 0 Å². The van der Waals surface area contributed by atoms with Gasteiger partial charge in [-0.25, -0.2) is 0 Å². The maximum absolute atomic E-state index is 12.4. The van der Waals surface area contributed by atoms with Crippen LogP contribution in [0.25, 0.3) is 21.7 Å². The minimum Gasteiger partial charge on any atom is -0.450 e. The molecule has 0 saturated heterocycles. The van der Waals surface area contributed by atoms with Gasteiger partial charge < -0.3 is 15.1 Å². The van der Waals surface area contributed by atoms with Crippen LogP contribution in [0.5, 0.6) is 0 Å². The molecule has 2 amide bonds. The molecule has 0 bridgehead atoms. The molecule has 0 aliphatic carbocycles. The zero-order chi connectivity index (χ0) is 18.0. The van der Waals surface area contributed by atoms with Gasteiger partial charge in [-0.05, 0) is 12.3 Å². The van der Waals surface area contributed by atoms with Gasteiger partial charge in [0.25, 0.3) is 5.91 Å². The van der Waals surface area contributed by atoms with Gasteiger partial charge in [-0.15, -0.1) is 0 Å². The summed E-state index contributed by atoms with van der Waals surface area (Å²) in [6.45, 7) is 6.29. The standard InChI is InChI=1S/C20H22N2O3/c1-12(2)19(23)21-10-11-22-20(24)17-13(3)15-9-8-14-6-4-5-7-16(14)18(15)25-17/h4-9,12H,10-11H2,1-3H3,(H,21,23)(H,22,24). The Morgan fingerprint density at radius 3 is 2.48 bits per heavy atom. The van der Waals surface area contributed by atoms with E-state index in [1.165, 1.54) is 0 Å². The fourth-order valence-corrected chi connectivity index (χ4v) is 2.81. The second-order valence-corrected chi connectivity index (χ2v) is 6.42. The van der Waals surface area contributed by atoms with Crippen molar-refractivity contribution < 1.29 is 14.0 Å². The van der Waals surface area contributed by atoms with Gasteiger partial charge in [0.15, 0.2) is 5.76 Å². The Morgan fingerprint density at radius 2 is 1.72 bits per heavy atom. The summed E-state index contributed by atoms with van der Waals surface area (Å²) in [5.74, 6) is -0.0413. The Hall–Kier alpha value is -2.82. The predicted molar refractivity (Wildman–Crippen MR) is 98.6 cm³/mol. The highest BCUT2D eigenvalue weighted by atomic mass is 16.3. The lowest BCUT2D eigenvalue weighted by molar-refractivity contribution is -0.123. The van der Waals surface area contributed by atoms with Crippen molar-refractivity contribution in [3.63, 3.8) is 0 Å². The number of carbonyl (C=O) groups excluding carboxylic acids is 2. The third kappa shape index (κ3) is 3.36. The molecule has 2 aromatic carbocycles. The Morgan fingerprint density at radius 1 is 1.00 bits per heavy atom. The van der Waals surface area contributed by atoms with Crippen LogP contribution in [-0.2, 0) is 4.79 Å². The van der Waals surface area contributed by atoms with Crippen LogP contribution in [0.1, 0.15) is 30.0 Å². The van der Waals surface area contributed by atoms with Gasteiger partial charge in [0.1, 0.15) is 5.58 Å². The van der Waals surface area contributed by atoms with E-state index in [-0.39, 0.29) is 17.7 Å². The molecule has 0 spiro atoms. The highest BCUT2D eigenvalue weighted by Crippen LogP contribution is 2.31. The number of benzene rings is 2. The first-order valence-corrected chi connectivity index (χ1v) is 8.46. The lowest BCUT2D eigenvalue weighted by Crippen LogP contribution is -2.36. The summed E-state index contributed by atoms with van der Waals surface area (Å²) in [4.78, 5) is 23.9. The molecule has 25 heavy (non-hydrogen) atoms. The van der Waals surface area contributed by atoms with Gasteiger partial charge in [0.2, 0.25) is 5.91 Å². The van der Waals surface area contributed by atoms with Gasteiger partial charge in [-0.3, -0.25) is 9.59 Å². The molecule has 1 aromatic heterocycles. The van der Waals surface area contributed by atoms with Crippen LogP contribution in [0, 0.1) is 12.8 Å². The number of amides is 2. The predicted octanol–water partition coefficient (Wildman–Crippen LogP) is 3.40. The molecule has 0 fully saturated rings. The average Bonchev–Trinajstić information content (AvgIpc) is 2.95. The quantitative estimate of drug-likeness (QED) is 0.701. The zero-order valence-corrected chi connectivity index (χ0v) is 14.7. The molecule has 2 N–H and O–H groups in total. The summed E-state index contributed by atoms with van der Waals surface area (Å²) in [5.41, 5.74) is 1.55. The molecule has 0 unspecified atom stereocenters. The smallest absolute Gasteiger partial charge is 0.287 e. The average molecular weight is 338 g/mol. The molecule has 3 aromatic rings. The minimum atomic E-state index is -0.267. The Balaban J connectivity index is 1.77. The fourth-order valence-electron chi connectivity index (χ4n) is 2.81. The number of furan rings is 1. The topological polar surface area (TPSA) is 71.3 Å². The third-order valence-electron chi connectivity index (χ3n) is 4.27. The maximum atomic E-state index is 12.4. The fraction of sp³-hybridized carbons (Fsp3) is 0.300. The number of nitrogens with one attached hydrogen (secondary N) is 2. The van der Waals surface area contributed by atoms with Crippen LogP contribution in [0.3, 0.4) is 0 Å². The second kappa shape index (κ2) is 6.97. The molecule has 0 radical (unpaired) electrons. The Labute approximate surface area is 146 Å². The summed E-state index contributed by atoms with van der Waals surface area (Å²) < 4.78 is 5.89. The summed E-state index contributed by atoms with van der Waals surface area (Å²) in [6, 6.07) is 12.0. The molecule has 5 heteroatoms. The molecule has 0 aliphatic heterocycles. The van der Waals surface area contributed by atoms with E-state index in [1.54, 1.807) is 0 Å². The van der Waals surface area contributed by atoms with Gasteiger partial charge in [-0.1, -0.05) is 50.2 Å². The van der Waals surface area contributed by atoms with Crippen LogP contribution in [-0.4, -0.2) is 24.9 Å². The molecular weight excluding hydrogens is 316 g/mol. The van der Waals surface area contributed by atoms with E-state index in [2.05, 4.69) is 10.6 Å². The lowest BCUT2D eigenvalue weighted by atomic mass is 10.1. The lowest BCUT2D eigenvalue weighted by Gasteiger charge is -2.08. The largest absolute Gasteiger partial charge is 0.450 e. The zero-order valence-electron chi connectivity index (χ0n) is 14.7. The molecule has 130 valence electrons. The van der Waals surface area contributed by atoms with E-state index >= 15 is 0 Å². The van der Waals surface area contributed by atoms with E-state index < -0.39 is 0 Å².